The van der Waals surface area contributed by atoms with E-state index in [9.17, 15) is 18.0 Å². The van der Waals surface area contributed by atoms with Crippen LogP contribution < -0.4 is 15.0 Å². The van der Waals surface area contributed by atoms with Gasteiger partial charge in [-0.1, -0.05) is 38.7 Å². The van der Waals surface area contributed by atoms with E-state index in [-0.39, 0.29) is 5.91 Å². The van der Waals surface area contributed by atoms with Gasteiger partial charge in [-0.3, -0.25) is 9.69 Å². The minimum absolute atomic E-state index is 0.175. The highest BCUT2D eigenvalue weighted by Crippen LogP contribution is 2.32. The molecule has 1 aromatic heterocycles. The number of fused-ring (bicyclic) bond motifs is 1. The first-order chi connectivity index (χ1) is 21.3. The maximum absolute atomic E-state index is 13.1. The summed E-state index contributed by atoms with van der Waals surface area (Å²) in [6.45, 7) is 6.65. The monoisotopic (exact) mass is 606 g/mol. The zero-order chi connectivity index (χ0) is 30.9. The molecule has 234 valence electrons. The van der Waals surface area contributed by atoms with Crippen molar-refractivity contribution < 1.29 is 22.7 Å². The summed E-state index contributed by atoms with van der Waals surface area (Å²) in [6, 6.07) is 18.7. The van der Waals surface area contributed by atoms with Crippen LogP contribution in [0.5, 0.6) is 5.75 Å². The third-order valence-corrected chi connectivity index (χ3v) is 8.27. The van der Waals surface area contributed by atoms with Crippen molar-refractivity contribution in [1.29, 1.82) is 0 Å². The number of rotatable bonds is 13. The third kappa shape index (κ3) is 8.34. The maximum Gasteiger partial charge on any atom is 0.416 e. The number of amides is 1. The minimum atomic E-state index is -4.34. The number of nitrogens with zero attached hydrogens (tertiary/aromatic N) is 2. The second-order valence-electron chi connectivity index (χ2n) is 11.4. The molecule has 3 aromatic carbocycles. The lowest BCUT2D eigenvalue weighted by molar-refractivity contribution is -0.137. The summed E-state index contributed by atoms with van der Waals surface area (Å²) >= 11 is 0. The summed E-state index contributed by atoms with van der Waals surface area (Å²) in [7, 11) is 0. The standard InChI is InChI=1S/C35H41F3N4O2/c1-2-3-4-5-6-22-44-31-13-10-26(11-14-31)34(43)40-29-12-15-33-32(24-29)27(25-39-33)16-17-41-18-20-42(21-19-41)30-9-7-8-28(23-30)35(36,37)38/h7-15,23-25,39H,2-6,16-22H2,1H3,(H,40,43). The second-order valence-corrected chi connectivity index (χ2v) is 11.4. The van der Waals surface area contributed by atoms with Gasteiger partial charge in [0.2, 0.25) is 0 Å². The van der Waals surface area contributed by atoms with Crippen molar-refractivity contribution in [3.63, 3.8) is 0 Å². The van der Waals surface area contributed by atoms with Gasteiger partial charge in [0.25, 0.3) is 5.91 Å². The number of hydrogen-bond donors (Lipinski definition) is 2. The van der Waals surface area contributed by atoms with Crippen molar-refractivity contribution in [3.05, 3.63) is 89.6 Å². The molecule has 1 fully saturated rings. The molecule has 1 aliphatic heterocycles. The number of unbranched alkanes of at least 4 members (excludes halogenated alkanes) is 4. The molecule has 1 amide bonds. The van der Waals surface area contributed by atoms with Gasteiger partial charge in [0.15, 0.2) is 0 Å². The van der Waals surface area contributed by atoms with Gasteiger partial charge < -0.3 is 19.9 Å². The van der Waals surface area contributed by atoms with Crippen molar-refractivity contribution in [2.24, 2.45) is 0 Å². The van der Waals surface area contributed by atoms with Crippen LogP contribution in [0.25, 0.3) is 10.9 Å². The lowest BCUT2D eigenvalue weighted by atomic mass is 10.1. The summed E-state index contributed by atoms with van der Waals surface area (Å²) < 4.78 is 45.2. The number of aromatic amines is 1. The van der Waals surface area contributed by atoms with Crippen LogP contribution in [0.4, 0.5) is 24.5 Å². The molecule has 2 N–H and O–H groups in total. The number of hydrogen-bond acceptors (Lipinski definition) is 4. The Morgan fingerprint density at radius 3 is 2.45 bits per heavy atom. The summed E-state index contributed by atoms with van der Waals surface area (Å²) in [5.41, 5.74) is 3.46. The van der Waals surface area contributed by atoms with Gasteiger partial charge in [0, 0.05) is 66.8 Å². The molecule has 2 heterocycles. The van der Waals surface area contributed by atoms with Crippen LogP contribution in [0.1, 0.15) is 60.5 Å². The number of nitrogens with one attached hydrogen (secondary N) is 2. The lowest BCUT2D eigenvalue weighted by Crippen LogP contribution is -2.47. The first kappa shape index (κ1) is 31.4. The molecule has 0 spiro atoms. The van der Waals surface area contributed by atoms with E-state index >= 15 is 0 Å². The van der Waals surface area contributed by atoms with Crippen LogP contribution in [0.3, 0.4) is 0 Å². The first-order valence-electron chi connectivity index (χ1n) is 15.6. The number of alkyl halides is 3. The topological polar surface area (TPSA) is 60.6 Å². The summed E-state index contributed by atoms with van der Waals surface area (Å²) in [6.07, 6.45) is 4.42. The van der Waals surface area contributed by atoms with Crippen molar-refractivity contribution in [2.75, 3.05) is 49.5 Å². The highest BCUT2D eigenvalue weighted by atomic mass is 19.4. The van der Waals surface area contributed by atoms with E-state index in [1.54, 1.807) is 18.2 Å². The average molecular weight is 607 g/mol. The normalized spacial score (nSPS) is 14.2. The molecule has 44 heavy (non-hydrogen) atoms. The molecule has 6 nitrogen and oxygen atoms in total. The molecule has 1 aliphatic rings. The summed E-state index contributed by atoms with van der Waals surface area (Å²) in [4.78, 5) is 20.6. The molecule has 4 aromatic rings. The Hall–Kier alpha value is -3.98. The molecule has 0 saturated carbocycles. The third-order valence-electron chi connectivity index (χ3n) is 8.27. The number of benzene rings is 3. The summed E-state index contributed by atoms with van der Waals surface area (Å²) in [5.74, 6) is 0.596. The Morgan fingerprint density at radius 2 is 1.70 bits per heavy atom. The molecule has 0 radical (unpaired) electrons. The van der Waals surface area contributed by atoms with Crippen LogP contribution in [-0.2, 0) is 12.6 Å². The number of ether oxygens (including phenoxy) is 1. The largest absolute Gasteiger partial charge is 0.494 e. The van der Waals surface area contributed by atoms with Crippen LogP contribution >= 0.6 is 0 Å². The molecule has 0 unspecified atom stereocenters. The predicted molar refractivity (Wildman–Crippen MR) is 171 cm³/mol. The zero-order valence-corrected chi connectivity index (χ0v) is 25.3. The van der Waals surface area contributed by atoms with Crippen molar-refractivity contribution in [2.45, 2.75) is 51.6 Å². The van der Waals surface area contributed by atoms with E-state index < -0.39 is 11.7 Å². The highest BCUT2D eigenvalue weighted by molar-refractivity contribution is 6.05. The van der Waals surface area contributed by atoms with Gasteiger partial charge in [0.05, 0.1) is 12.2 Å². The molecule has 1 saturated heterocycles. The summed E-state index contributed by atoms with van der Waals surface area (Å²) in [5, 5.41) is 4.08. The van der Waals surface area contributed by atoms with Gasteiger partial charge in [-0.2, -0.15) is 13.2 Å². The number of H-pyrrole nitrogens is 1. The molecule has 9 heteroatoms. The fourth-order valence-corrected chi connectivity index (χ4v) is 5.65. The maximum atomic E-state index is 13.1. The first-order valence-corrected chi connectivity index (χ1v) is 15.6. The molecule has 5 rings (SSSR count). The fourth-order valence-electron chi connectivity index (χ4n) is 5.65. The van der Waals surface area contributed by atoms with Crippen LogP contribution in [0, 0.1) is 0 Å². The smallest absolute Gasteiger partial charge is 0.416 e. The zero-order valence-electron chi connectivity index (χ0n) is 25.3. The quantitative estimate of drug-likeness (QED) is 0.151. The molecular formula is C35H41F3N4O2. The van der Waals surface area contributed by atoms with Gasteiger partial charge in [-0.15, -0.1) is 0 Å². The van der Waals surface area contributed by atoms with Gasteiger partial charge in [0.1, 0.15) is 5.75 Å². The number of halogens is 3. The SMILES string of the molecule is CCCCCCCOc1ccc(C(=O)Nc2ccc3[nH]cc(CCN4CCN(c5cccc(C(F)(F)F)c5)CC4)c3c2)cc1. The Labute approximate surface area is 257 Å². The van der Waals surface area contributed by atoms with Gasteiger partial charge in [-0.05, 0) is 79.1 Å². The van der Waals surface area contributed by atoms with E-state index in [4.69, 9.17) is 4.74 Å². The molecule has 0 bridgehead atoms. The molecular weight excluding hydrogens is 565 g/mol. The van der Waals surface area contributed by atoms with Crippen LogP contribution in [-0.4, -0.2) is 55.1 Å². The van der Waals surface area contributed by atoms with E-state index in [0.29, 0.717) is 30.9 Å². The Balaban J connectivity index is 1.11. The lowest BCUT2D eigenvalue weighted by Gasteiger charge is -2.36. The molecule has 0 atom stereocenters. The fraction of sp³-hybridized carbons (Fsp3) is 0.400. The van der Waals surface area contributed by atoms with Gasteiger partial charge >= 0.3 is 6.18 Å². The number of carbonyl (C=O) groups is 1. The number of carbonyl (C=O) groups excluding carboxylic acids is 1. The number of aromatic nitrogens is 1. The van der Waals surface area contributed by atoms with E-state index in [1.807, 2.05) is 41.4 Å². The van der Waals surface area contributed by atoms with Crippen molar-refractivity contribution in [1.82, 2.24) is 9.88 Å². The van der Waals surface area contributed by atoms with Crippen LogP contribution in [0.15, 0.2) is 72.9 Å². The number of piperazine rings is 1. The van der Waals surface area contributed by atoms with Crippen molar-refractivity contribution >= 4 is 28.2 Å². The van der Waals surface area contributed by atoms with Crippen molar-refractivity contribution in [3.8, 4) is 5.75 Å². The Morgan fingerprint density at radius 1 is 0.932 bits per heavy atom. The van der Waals surface area contributed by atoms with Crippen LogP contribution in [0.2, 0.25) is 0 Å². The number of anilines is 2. The molecule has 0 aliphatic carbocycles. The Bertz CT molecular complexity index is 1510. The average Bonchev–Trinajstić information content (AvgIpc) is 3.44. The van der Waals surface area contributed by atoms with Gasteiger partial charge in [-0.25, -0.2) is 0 Å². The highest BCUT2D eigenvalue weighted by Gasteiger charge is 2.31. The van der Waals surface area contributed by atoms with E-state index in [2.05, 4.69) is 22.1 Å². The predicted octanol–water partition coefficient (Wildman–Crippen LogP) is 8.15. The Kier molecular flexibility index (Phi) is 10.5. The van der Waals surface area contributed by atoms with E-state index in [0.717, 1.165) is 66.4 Å². The second kappa shape index (κ2) is 14.7. The van der Waals surface area contributed by atoms with E-state index in [1.165, 1.54) is 37.8 Å². The minimum Gasteiger partial charge on any atom is -0.494 e.